The molecule has 1 aromatic carbocycles. The van der Waals surface area contributed by atoms with Crippen LogP contribution in [0.2, 0.25) is 0 Å². The number of carbonyl (C=O) groups excluding carboxylic acids is 1. The van der Waals surface area contributed by atoms with Gasteiger partial charge >= 0.3 is 0 Å². The third-order valence-electron chi connectivity index (χ3n) is 6.27. The van der Waals surface area contributed by atoms with Crippen molar-refractivity contribution in [3.63, 3.8) is 0 Å². The number of piperidine rings is 1. The predicted molar refractivity (Wildman–Crippen MR) is 125 cm³/mol. The Balaban J connectivity index is 1.26. The van der Waals surface area contributed by atoms with Crippen LogP contribution in [0, 0.1) is 5.92 Å². The number of fused-ring (bicyclic) bond motifs is 2. The second kappa shape index (κ2) is 8.45. The Bertz CT molecular complexity index is 1340. The molecule has 0 saturated carbocycles. The molecule has 0 unspecified atom stereocenters. The topological polar surface area (TPSA) is 95.9 Å². The first-order valence-electron chi connectivity index (χ1n) is 11.0. The van der Waals surface area contributed by atoms with Gasteiger partial charge in [-0.25, -0.2) is 9.97 Å². The normalized spacial score (nSPS) is 16.5. The van der Waals surface area contributed by atoms with Gasteiger partial charge in [-0.3, -0.25) is 14.2 Å². The Morgan fingerprint density at radius 3 is 3.03 bits per heavy atom. The number of H-pyrrole nitrogens is 1. The number of nitrogens with one attached hydrogen (secondary N) is 2. The molecule has 1 fully saturated rings. The van der Waals surface area contributed by atoms with Crippen molar-refractivity contribution in [1.82, 2.24) is 24.8 Å². The van der Waals surface area contributed by atoms with Crippen LogP contribution in [0.25, 0.3) is 22.1 Å². The van der Waals surface area contributed by atoms with E-state index < -0.39 is 0 Å². The van der Waals surface area contributed by atoms with E-state index in [0.717, 1.165) is 24.8 Å². The first-order chi connectivity index (χ1) is 15.6. The highest BCUT2D eigenvalue weighted by atomic mass is 16.2. The number of rotatable bonds is 5. The van der Waals surface area contributed by atoms with Crippen molar-refractivity contribution in [3.8, 4) is 0 Å². The number of hydrogen-bond acceptors (Lipinski definition) is 5. The van der Waals surface area contributed by atoms with Gasteiger partial charge in [0.25, 0.3) is 5.56 Å². The van der Waals surface area contributed by atoms with Gasteiger partial charge in [-0.15, -0.1) is 0 Å². The molecule has 0 aliphatic carbocycles. The summed E-state index contributed by atoms with van der Waals surface area (Å²) in [6, 6.07) is 11.8. The van der Waals surface area contributed by atoms with Crippen molar-refractivity contribution in [2.75, 3.05) is 24.5 Å². The number of pyridine rings is 1. The smallest absolute Gasteiger partial charge is 0.294 e. The third-order valence-corrected chi connectivity index (χ3v) is 6.27. The number of hydrogen-bond donors (Lipinski definition) is 2. The van der Waals surface area contributed by atoms with Gasteiger partial charge in [0.1, 0.15) is 5.52 Å². The minimum atomic E-state index is -0.184. The summed E-state index contributed by atoms with van der Waals surface area (Å²) in [7, 11) is 1.71. The van der Waals surface area contributed by atoms with Gasteiger partial charge in [0.05, 0.1) is 5.92 Å². The number of amides is 1. The van der Waals surface area contributed by atoms with E-state index in [2.05, 4.69) is 32.4 Å². The lowest BCUT2D eigenvalue weighted by Crippen LogP contribution is -2.45. The van der Waals surface area contributed by atoms with E-state index >= 15 is 0 Å². The van der Waals surface area contributed by atoms with Gasteiger partial charge in [0, 0.05) is 50.0 Å². The number of aromatic amines is 1. The minimum Gasteiger partial charge on any atom is -0.361 e. The Kier molecular flexibility index (Phi) is 5.34. The van der Waals surface area contributed by atoms with Crippen LogP contribution in [0.4, 0.5) is 5.82 Å². The van der Waals surface area contributed by atoms with Crippen molar-refractivity contribution in [1.29, 1.82) is 0 Å². The highest BCUT2D eigenvalue weighted by Crippen LogP contribution is 2.22. The fraction of sp³-hybridized carbons (Fsp3) is 0.333. The molecule has 0 spiro atoms. The largest absolute Gasteiger partial charge is 0.361 e. The predicted octanol–water partition coefficient (Wildman–Crippen LogP) is 2.39. The van der Waals surface area contributed by atoms with Gasteiger partial charge in [-0.1, -0.05) is 18.2 Å². The average Bonchev–Trinajstić information content (AvgIpc) is 3.24. The van der Waals surface area contributed by atoms with Crippen molar-refractivity contribution in [3.05, 3.63) is 64.7 Å². The van der Waals surface area contributed by atoms with E-state index in [9.17, 15) is 9.59 Å². The zero-order chi connectivity index (χ0) is 22.1. The van der Waals surface area contributed by atoms with Crippen molar-refractivity contribution < 1.29 is 4.79 Å². The van der Waals surface area contributed by atoms with Crippen LogP contribution in [0.5, 0.6) is 0 Å². The van der Waals surface area contributed by atoms with Crippen LogP contribution < -0.4 is 15.8 Å². The number of aromatic nitrogens is 4. The van der Waals surface area contributed by atoms with E-state index in [1.54, 1.807) is 13.2 Å². The number of para-hydroxylation sites is 1. The molecule has 1 amide bonds. The Hall–Kier alpha value is -3.68. The standard InChI is InChI=1S/C24H26N6O2/c1-29-21-20(9-4-11-25-21)28-22(24(29)32)30-13-5-6-17(15-30)23(31)26-12-10-16-14-27-19-8-3-2-7-18(16)19/h2-4,7-9,11,14,17,27H,5-6,10,12-13,15H2,1H3,(H,26,31)/t17-/m0/s1. The molecule has 1 atom stereocenters. The molecular weight excluding hydrogens is 404 g/mol. The lowest BCUT2D eigenvalue weighted by Gasteiger charge is -2.32. The van der Waals surface area contributed by atoms with Gasteiger partial charge in [-0.2, -0.15) is 0 Å². The SMILES string of the molecule is Cn1c(=O)c(N2CCC[C@H](C(=O)NCCc3c[nH]c4ccccc34)C2)nc2cccnc21. The molecule has 164 valence electrons. The molecule has 4 aromatic rings. The third kappa shape index (κ3) is 3.72. The van der Waals surface area contributed by atoms with E-state index in [4.69, 9.17) is 0 Å². The van der Waals surface area contributed by atoms with Crippen LogP contribution in [0.3, 0.4) is 0 Å². The Morgan fingerprint density at radius 2 is 2.12 bits per heavy atom. The second-order valence-corrected chi connectivity index (χ2v) is 8.33. The highest BCUT2D eigenvalue weighted by molar-refractivity contribution is 5.83. The van der Waals surface area contributed by atoms with Crippen molar-refractivity contribution in [2.45, 2.75) is 19.3 Å². The molecule has 2 N–H and O–H groups in total. The molecule has 8 heteroatoms. The fourth-order valence-corrected chi connectivity index (χ4v) is 4.53. The number of carbonyl (C=O) groups is 1. The van der Waals surface area contributed by atoms with Crippen molar-refractivity contribution in [2.24, 2.45) is 13.0 Å². The van der Waals surface area contributed by atoms with Crippen LogP contribution in [0.1, 0.15) is 18.4 Å². The summed E-state index contributed by atoms with van der Waals surface area (Å²) in [4.78, 5) is 39.8. The quantitative estimate of drug-likeness (QED) is 0.507. The molecule has 32 heavy (non-hydrogen) atoms. The van der Waals surface area contributed by atoms with Crippen molar-refractivity contribution >= 4 is 33.8 Å². The molecule has 3 aromatic heterocycles. The number of anilines is 1. The molecule has 0 radical (unpaired) electrons. The van der Waals surface area contributed by atoms with Crippen LogP contribution >= 0.6 is 0 Å². The minimum absolute atomic E-state index is 0.0359. The molecule has 8 nitrogen and oxygen atoms in total. The maximum Gasteiger partial charge on any atom is 0.294 e. The molecule has 1 saturated heterocycles. The maximum absolute atomic E-state index is 12.9. The van der Waals surface area contributed by atoms with Gasteiger partial charge in [0.15, 0.2) is 11.5 Å². The fourth-order valence-electron chi connectivity index (χ4n) is 4.53. The van der Waals surface area contributed by atoms with E-state index in [1.165, 1.54) is 15.5 Å². The van der Waals surface area contributed by atoms with Crippen LogP contribution in [-0.2, 0) is 18.3 Å². The number of nitrogens with zero attached hydrogens (tertiary/aromatic N) is 4. The first kappa shape index (κ1) is 20.2. The van der Waals surface area contributed by atoms with Gasteiger partial charge in [-0.05, 0) is 43.0 Å². The van der Waals surface area contributed by atoms with E-state index in [1.807, 2.05) is 35.4 Å². The van der Waals surface area contributed by atoms with Crippen LogP contribution in [-0.4, -0.2) is 45.1 Å². The van der Waals surface area contributed by atoms with E-state index in [0.29, 0.717) is 36.6 Å². The molecule has 4 heterocycles. The molecule has 0 bridgehead atoms. The number of aryl methyl sites for hydroxylation is 1. The Morgan fingerprint density at radius 1 is 1.25 bits per heavy atom. The molecule has 1 aliphatic rings. The molecule has 5 rings (SSSR count). The summed E-state index contributed by atoms with van der Waals surface area (Å²) < 4.78 is 1.53. The van der Waals surface area contributed by atoms with Gasteiger partial charge < -0.3 is 15.2 Å². The molecular formula is C24H26N6O2. The summed E-state index contributed by atoms with van der Waals surface area (Å²) in [5.41, 5.74) is 3.36. The maximum atomic E-state index is 12.9. The monoisotopic (exact) mass is 430 g/mol. The first-order valence-corrected chi connectivity index (χ1v) is 11.0. The second-order valence-electron chi connectivity index (χ2n) is 8.33. The van der Waals surface area contributed by atoms with Crippen LogP contribution in [0.15, 0.2) is 53.6 Å². The lowest BCUT2D eigenvalue weighted by molar-refractivity contribution is -0.125. The summed E-state index contributed by atoms with van der Waals surface area (Å²) in [5, 5.41) is 4.28. The lowest BCUT2D eigenvalue weighted by atomic mass is 9.97. The summed E-state index contributed by atoms with van der Waals surface area (Å²) >= 11 is 0. The summed E-state index contributed by atoms with van der Waals surface area (Å²) in [6.45, 7) is 1.79. The van der Waals surface area contributed by atoms with Gasteiger partial charge in [0.2, 0.25) is 5.91 Å². The van der Waals surface area contributed by atoms with E-state index in [-0.39, 0.29) is 17.4 Å². The number of benzene rings is 1. The highest BCUT2D eigenvalue weighted by Gasteiger charge is 2.28. The summed E-state index contributed by atoms with van der Waals surface area (Å²) in [5.74, 6) is 0.265. The average molecular weight is 431 g/mol. The Labute approximate surface area is 185 Å². The zero-order valence-electron chi connectivity index (χ0n) is 18.0. The molecule has 1 aliphatic heterocycles. The summed E-state index contributed by atoms with van der Waals surface area (Å²) in [6.07, 6.45) is 6.09. The zero-order valence-corrected chi connectivity index (χ0v) is 18.0.